The fourth-order valence-electron chi connectivity index (χ4n) is 2.81. The Morgan fingerprint density at radius 1 is 0.692 bits per heavy atom. The van der Waals surface area contributed by atoms with E-state index in [1.165, 1.54) is 11.1 Å². The molecule has 0 amide bonds. The maximum atomic E-state index is 4.70. The predicted molar refractivity (Wildman–Crippen MR) is 113 cm³/mol. The van der Waals surface area contributed by atoms with Gasteiger partial charge in [0.05, 0.1) is 5.69 Å². The lowest BCUT2D eigenvalue weighted by atomic mass is 10.0. The van der Waals surface area contributed by atoms with Crippen molar-refractivity contribution < 1.29 is 0 Å². The third kappa shape index (κ3) is 4.67. The smallest absolute Gasteiger partial charge is 0.0711 e. The highest BCUT2D eigenvalue weighted by molar-refractivity contribution is 5.70. The second-order valence-corrected chi connectivity index (χ2v) is 6.14. The molecule has 1 aromatic heterocycles. The van der Waals surface area contributed by atoms with Crippen molar-refractivity contribution in [2.45, 2.75) is 13.8 Å². The summed E-state index contributed by atoms with van der Waals surface area (Å²) >= 11 is 0. The Kier molecular flexibility index (Phi) is 5.95. The van der Waals surface area contributed by atoms with E-state index in [1.54, 1.807) is 0 Å². The third-order valence-electron chi connectivity index (χ3n) is 4.08. The molecule has 3 aromatic rings. The molecule has 0 unspecified atom stereocenters. The van der Waals surface area contributed by atoms with Gasteiger partial charge >= 0.3 is 0 Å². The van der Waals surface area contributed by atoms with Gasteiger partial charge in [0, 0.05) is 11.3 Å². The molecule has 26 heavy (non-hydrogen) atoms. The van der Waals surface area contributed by atoms with Crippen LogP contribution in [0.3, 0.4) is 0 Å². The van der Waals surface area contributed by atoms with E-state index in [0.717, 1.165) is 22.5 Å². The van der Waals surface area contributed by atoms with Crippen molar-refractivity contribution in [3.8, 4) is 22.4 Å². The number of hydrogen-bond donors (Lipinski definition) is 0. The molecule has 0 aliphatic carbocycles. The second kappa shape index (κ2) is 8.77. The highest BCUT2D eigenvalue weighted by atomic mass is 14.7. The van der Waals surface area contributed by atoms with Gasteiger partial charge in [0.25, 0.3) is 0 Å². The standard InChI is InChI=1S/C25H23N/c1-3-4-5-6-8-11-21-18-20(2)26-25(19-21)24-16-14-23(15-17-24)22-12-9-7-10-13-22/h3-19H,1-2H3/b4-3-,6-5-,11-8+. The summed E-state index contributed by atoms with van der Waals surface area (Å²) in [5, 5.41) is 0. The van der Waals surface area contributed by atoms with E-state index < -0.39 is 0 Å². The first kappa shape index (κ1) is 17.6. The van der Waals surface area contributed by atoms with Gasteiger partial charge in [-0.25, -0.2) is 0 Å². The van der Waals surface area contributed by atoms with Gasteiger partial charge < -0.3 is 0 Å². The quantitative estimate of drug-likeness (QED) is 0.463. The fourth-order valence-corrected chi connectivity index (χ4v) is 2.81. The van der Waals surface area contributed by atoms with E-state index in [0.29, 0.717) is 0 Å². The molecule has 0 saturated carbocycles. The minimum atomic E-state index is 1.00. The molecule has 2 aromatic carbocycles. The average molecular weight is 337 g/mol. The summed E-state index contributed by atoms with van der Waals surface area (Å²) in [6.45, 7) is 4.05. The summed E-state index contributed by atoms with van der Waals surface area (Å²) in [5.41, 5.74) is 6.76. The molecule has 0 radical (unpaired) electrons. The summed E-state index contributed by atoms with van der Waals surface area (Å²) in [6.07, 6.45) is 12.2. The van der Waals surface area contributed by atoms with E-state index >= 15 is 0 Å². The summed E-state index contributed by atoms with van der Waals surface area (Å²) < 4.78 is 0. The van der Waals surface area contributed by atoms with Crippen LogP contribution >= 0.6 is 0 Å². The molecular weight excluding hydrogens is 314 g/mol. The van der Waals surface area contributed by atoms with Crippen LogP contribution in [0.2, 0.25) is 0 Å². The highest BCUT2D eigenvalue weighted by Crippen LogP contribution is 2.25. The Morgan fingerprint density at radius 3 is 2.08 bits per heavy atom. The molecule has 0 spiro atoms. The van der Waals surface area contributed by atoms with Crippen LogP contribution in [0.5, 0.6) is 0 Å². The van der Waals surface area contributed by atoms with Crippen LogP contribution in [0.25, 0.3) is 28.5 Å². The fraction of sp³-hybridized carbons (Fsp3) is 0.0800. The van der Waals surface area contributed by atoms with Gasteiger partial charge in [-0.15, -0.1) is 0 Å². The molecule has 1 heterocycles. The van der Waals surface area contributed by atoms with E-state index in [4.69, 9.17) is 4.98 Å². The van der Waals surface area contributed by atoms with Crippen LogP contribution in [0.15, 0.2) is 97.1 Å². The number of allylic oxidation sites excluding steroid dienone is 5. The lowest BCUT2D eigenvalue weighted by Crippen LogP contribution is -1.89. The Labute approximate surface area is 156 Å². The Hall–Kier alpha value is -3.19. The molecule has 0 atom stereocenters. The monoisotopic (exact) mass is 337 g/mol. The number of rotatable bonds is 5. The van der Waals surface area contributed by atoms with Gasteiger partial charge in [0.15, 0.2) is 0 Å². The number of nitrogens with zero attached hydrogens (tertiary/aromatic N) is 1. The predicted octanol–water partition coefficient (Wildman–Crippen LogP) is 6.87. The van der Waals surface area contributed by atoms with Crippen molar-refractivity contribution in [1.29, 1.82) is 0 Å². The van der Waals surface area contributed by atoms with E-state index in [9.17, 15) is 0 Å². The van der Waals surface area contributed by atoms with Crippen LogP contribution in [-0.2, 0) is 0 Å². The van der Waals surface area contributed by atoms with Gasteiger partial charge in [-0.1, -0.05) is 91.1 Å². The molecule has 0 aliphatic heterocycles. The van der Waals surface area contributed by atoms with Crippen LogP contribution < -0.4 is 0 Å². The first-order chi connectivity index (χ1) is 12.8. The Morgan fingerprint density at radius 2 is 1.35 bits per heavy atom. The number of hydrogen-bond acceptors (Lipinski definition) is 1. The highest BCUT2D eigenvalue weighted by Gasteiger charge is 2.03. The van der Waals surface area contributed by atoms with Crippen LogP contribution in [0.1, 0.15) is 18.2 Å². The normalized spacial score (nSPS) is 11.8. The molecule has 1 nitrogen and oxygen atoms in total. The van der Waals surface area contributed by atoms with Gasteiger partial charge in [0.2, 0.25) is 0 Å². The van der Waals surface area contributed by atoms with E-state index in [1.807, 2.05) is 44.2 Å². The van der Waals surface area contributed by atoms with Crippen LogP contribution in [0, 0.1) is 6.92 Å². The molecule has 3 rings (SSSR count). The summed E-state index contributed by atoms with van der Waals surface area (Å²) in [7, 11) is 0. The molecule has 0 fully saturated rings. The van der Waals surface area contributed by atoms with Gasteiger partial charge in [-0.2, -0.15) is 0 Å². The summed E-state index contributed by atoms with van der Waals surface area (Å²) in [6, 6.07) is 23.3. The number of aromatic nitrogens is 1. The summed E-state index contributed by atoms with van der Waals surface area (Å²) in [4.78, 5) is 4.70. The van der Waals surface area contributed by atoms with Crippen molar-refractivity contribution in [2.24, 2.45) is 0 Å². The molecule has 0 aliphatic rings. The number of benzene rings is 2. The van der Waals surface area contributed by atoms with Gasteiger partial charge in [0.1, 0.15) is 0 Å². The molecule has 0 bridgehead atoms. The van der Waals surface area contributed by atoms with Crippen molar-refractivity contribution in [2.75, 3.05) is 0 Å². The Bertz CT molecular complexity index is 930. The molecule has 1 heteroatoms. The van der Waals surface area contributed by atoms with Gasteiger partial charge in [-0.3, -0.25) is 4.98 Å². The van der Waals surface area contributed by atoms with Crippen molar-refractivity contribution in [3.05, 3.63) is 108 Å². The topological polar surface area (TPSA) is 12.9 Å². The van der Waals surface area contributed by atoms with Crippen molar-refractivity contribution in [3.63, 3.8) is 0 Å². The third-order valence-corrected chi connectivity index (χ3v) is 4.08. The van der Waals surface area contributed by atoms with Crippen molar-refractivity contribution in [1.82, 2.24) is 4.98 Å². The first-order valence-corrected chi connectivity index (χ1v) is 8.87. The maximum absolute atomic E-state index is 4.70. The zero-order chi connectivity index (χ0) is 18.2. The maximum Gasteiger partial charge on any atom is 0.0711 e. The Balaban J connectivity index is 1.85. The zero-order valence-corrected chi connectivity index (χ0v) is 15.3. The molecule has 0 saturated heterocycles. The second-order valence-electron chi connectivity index (χ2n) is 6.14. The van der Waals surface area contributed by atoms with Crippen molar-refractivity contribution >= 4 is 6.08 Å². The molecular formula is C25H23N. The van der Waals surface area contributed by atoms with Crippen LogP contribution in [0.4, 0.5) is 0 Å². The lowest BCUT2D eigenvalue weighted by Gasteiger charge is -2.07. The zero-order valence-electron chi connectivity index (χ0n) is 15.3. The minimum Gasteiger partial charge on any atom is -0.253 e. The van der Waals surface area contributed by atoms with E-state index in [2.05, 4.69) is 72.8 Å². The van der Waals surface area contributed by atoms with Gasteiger partial charge in [-0.05, 0) is 42.7 Å². The largest absolute Gasteiger partial charge is 0.253 e. The SMILES string of the molecule is C\C=C/C=C\C=C\c1cc(C)nc(-c2ccc(-c3ccccc3)cc2)c1. The minimum absolute atomic E-state index is 1.00. The molecule has 128 valence electrons. The first-order valence-electron chi connectivity index (χ1n) is 8.87. The number of aryl methyl sites for hydroxylation is 1. The van der Waals surface area contributed by atoms with Crippen LogP contribution in [-0.4, -0.2) is 4.98 Å². The summed E-state index contributed by atoms with van der Waals surface area (Å²) in [5.74, 6) is 0. The van der Waals surface area contributed by atoms with E-state index in [-0.39, 0.29) is 0 Å². The lowest BCUT2D eigenvalue weighted by molar-refractivity contribution is 1.20. The molecule has 0 N–H and O–H groups in total. The average Bonchev–Trinajstić information content (AvgIpc) is 2.68. The number of pyridine rings is 1.